The van der Waals surface area contributed by atoms with Gasteiger partial charge in [0.15, 0.2) is 0 Å². The van der Waals surface area contributed by atoms with Gasteiger partial charge in [-0.2, -0.15) is 0 Å². The Morgan fingerprint density at radius 1 is 0.892 bits per heavy atom. The van der Waals surface area contributed by atoms with E-state index in [2.05, 4.69) is 22.8 Å². The van der Waals surface area contributed by atoms with Crippen LogP contribution in [-0.2, 0) is 4.79 Å². The van der Waals surface area contributed by atoms with Crippen molar-refractivity contribution in [2.45, 2.75) is 50.2 Å². The van der Waals surface area contributed by atoms with Gasteiger partial charge in [0, 0.05) is 35.3 Å². The molecule has 3 aliphatic rings. The first-order valence-corrected chi connectivity index (χ1v) is 13.4. The third-order valence-corrected chi connectivity index (χ3v) is 8.39. The van der Waals surface area contributed by atoms with Crippen molar-refractivity contribution in [2.24, 2.45) is 11.8 Å². The zero-order valence-electron chi connectivity index (χ0n) is 20.8. The van der Waals surface area contributed by atoms with Crippen molar-refractivity contribution in [3.8, 4) is 0 Å². The summed E-state index contributed by atoms with van der Waals surface area (Å²) in [6.07, 6.45) is 4.34. The fraction of sp³-hybridized carbons (Fsp3) is 0.355. The summed E-state index contributed by atoms with van der Waals surface area (Å²) in [6, 6.07) is 24.0. The van der Waals surface area contributed by atoms with Crippen LogP contribution in [0.4, 0.5) is 10.1 Å². The summed E-state index contributed by atoms with van der Waals surface area (Å²) >= 11 is 0. The molecular weight excluding hydrogens is 465 g/mol. The highest BCUT2D eigenvalue weighted by Crippen LogP contribution is 2.52. The van der Waals surface area contributed by atoms with Crippen LogP contribution >= 0.6 is 0 Å². The molecule has 5 atom stereocenters. The van der Waals surface area contributed by atoms with E-state index in [1.165, 1.54) is 11.6 Å². The minimum atomic E-state index is -0.289. The Kier molecular flexibility index (Phi) is 6.41. The second kappa shape index (κ2) is 10.0. The van der Waals surface area contributed by atoms with Gasteiger partial charge in [-0.1, -0.05) is 61.4 Å². The highest BCUT2D eigenvalue weighted by molar-refractivity contribution is 5.95. The average molecular weight is 498 g/mol. The smallest absolute Gasteiger partial charge is 0.251 e. The summed E-state index contributed by atoms with van der Waals surface area (Å²) in [5.74, 6) is -0.483. The predicted molar refractivity (Wildman–Crippen MR) is 141 cm³/mol. The quantitative estimate of drug-likeness (QED) is 0.474. The lowest BCUT2D eigenvalue weighted by Gasteiger charge is -2.42. The SMILES string of the molecule is O=C(N[C@@H]1CCCC[C@@H]1C(=O)N1CCC2C(c3ccccc3)Nc3ccc(F)cc3C21)c1ccccc1. The molecule has 1 saturated heterocycles. The Hall–Kier alpha value is -3.67. The Labute approximate surface area is 217 Å². The predicted octanol–water partition coefficient (Wildman–Crippen LogP) is 5.87. The van der Waals surface area contributed by atoms with Crippen LogP contribution < -0.4 is 10.6 Å². The van der Waals surface area contributed by atoms with Crippen molar-refractivity contribution < 1.29 is 14.0 Å². The monoisotopic (exact) mass is 497 g/mol. The standard InChI is InChI=1S/C31H32FN3O2/c32-22-15-16-27-25(19-22)29-24(28(33-27)20-9-3-1-4-10-20)17-18-35(29)31(37)23-13-7-8-14-26(23)34-30(36)21-11-5-2-6-12-21/h1-6,9-12,15-16,19,23-24,26,28-29,33H,7-8,13-14,17-18H2,(H,34,36)/t23-,24?,26+,28?,29?/m0/s1. The number of amides is 2. The molecule has 2 aliphatic heterocycles. The van der Waals surface area contributed by atoms with Crippen molar-refractivity contribution in [2.75, 3.05) is 11.9 Å². The highest BCUT2D eigenvalue weighted by Gasteiger charge is 2.48. The molecule has 37 heavy (non-hydrogen) atoms. The minimum Gasteiger partial charge on any atom is -0.378 e. The number of likely N-dealkylation sites (tertiary alicyclic amines) is 1. The van der Waals surface area contributed by atoms with Crippen molar-refractivity contribution in [1.29, 1.82) is 0 Å². The molecule has 1 aliphatic carbocycles. The molecule has 1 saturated carbocycles. The van der Waals surface area contributed by atoms with Crippen molar-refractivity contribution in [1.82, 2.24) is 10.2 Å². The van der Waals surface area contributed by atoms with Crippen LogP contribution in [0, 0.1) is 17.7 Å². The molecule has 6 rings (SSSR count). The topological polar surface area (TPSA) is 61.4 Å². The van der Waals surface area contributed by atoms with Crippen LogP contribution in [-0.4, -0.2) is 29.3 Å². The first kappa shape index (κ1) is 23.7. The third kappa shape index (κ3) is 4.50. The number of carbonyl (C=O) groups excluding carboxylic acids is 2. The molecule has 0 radical (unpaired) electrons. The van der Waals surface area contributed by atoms with E-state index in [0.717, 1.165) is 43.4 Å². The first-order valence-electron chi connectivity index (χ1n) is 13.4. The van der Waals surface area contributed by atoms with Gasteiger partial charge < -0.3 is 15.5 Å². The van der Waals surface area contributed by atoms with Gasteiger partial charge in [0.05, 0.1) is 18.0 Å². The van der Waals surface area contributed by atoms with E-state index < -0.39 is 0 Å². The molecular formula is C31H32FN3O2. The number of carbonyl (C=O) groups is 2. The summed E-state index contributed by atoms with van der Waals surface area (Å²) in [7, 11) is 0. The number of hydrogen-bond donors (Lipinski definition) is 2. The number of anilines is 1. The van der Waals surface area contributed by atoms with Gasteiger partial charge in [-0.3, -0.25) is 9.59 Å². The second-order valence-electron chi connectivity index (χ2n) is 10.5. The van der Waals surface area contributed by atoms with Crippen LogP contribution in [0.2, 0.25) is 0 Å². The van der Waals surface area contributed by atoms with Gasteiger partial charge in [-0.05, 0) is 55.2 Å². The van der Waals surface area contributed by atoms with E-state index in [0.29, 0.717) is 12.1 Å². The van der Waals surface area contributed by atoms with Crippen LogP contribution in [0.5, 0.6) is 0 Å². The van der Waals surface area contributed by atoms with Gasteiger partial charge in [0.25, 0.3) is 5.91 Å². The summed E-state index contributed by atoms with van der Waals surface area (Å²) in [5, 5.41) is 6.81. The average Bonchev–Trinajstić information content (AvgIpc) is 3.39. The molecule has 3 aromatic rings. The number of rotatable bonds is 4. The maximum absolute atomic E-state index is 14.4. The summed E-state index contributed by atoms with van der Waals surface area (Å²) in [6.45, 7) is 0.630. The van der Waals surface area contributed by atoms with Crippen molar-refractivity contribution in [3.05, 3.63) is 101 Å². The summed E-state index contributed by atoms with van der Waals surface area (Å²) in [4.78, 5) is 29.1. The van der Waals surface area contributed by atoms with E-state index in [9.17, 15) is 14.0 Å². The van der Waals surface area contributed by atoms with E-state index in [1.54, 1.807) is 24.3 Å². The lowest BCUT2D eigenvalue weighted by atomic mass is 9.79. The zero-order chi connectivity index (χ0) is 25.4. The molecule has 0 bridgehead atoms. The van der Waals surface area contributed by atoms with Gasteiger partial charge in [0.2, 0.25) is 5.91 Å². The third-order valence-electron chi connectivity index (χ3n) is 8.39. The molecule has 2 heterocycles. The number of hydrogen-bond acceptors (Lipinski definition) is 3. The molecule has 2 fully saturated rings. The molecule has 2 N–H and O–H groups in total. The lowest BCUT2D eigenvalue weighted by Crippen LogP contribution is -2.50. The van der Waals surface area contributed by atoms with E-state index in [-0.39, 0.29) is 47.6 Å². The van der Waals surface area contributed by atoms with E-state index >= 15 is 0 Å². The number of fused-ring (bicyclic) bond motifs is 3. The van der Waals surface area contributed by atoms with E-state index in [4.69, 9.17) is 0 Å². The number of nitrogens with one attached hydrogen (secondary N) is 2. The van der Waals surface area contributed by atoms with E-state index in [1.807, 2.05) is 41.3 Å². The zero-order valence-corrected chi connectivity index (χ0v) is 20.8. The van der Waals surface area contributed by atoms with Gasteiger partial charge >= 0.3 is 0 Å². The van der Waals surface area contributed by atoms with Crippen LogP contribution in [0.15, 0.2) is 78.9 Å². The molecule has 190 valence electrons. The molecule has 0 spiro atoms. The van der Waals surface area contributed by atoms with Gasteiger partial charge in [-0.25, -0.2) is 4.39 Å². The van der Waals surface area contributed by atoms with Crippen LogP contribution in [0.25, 0.3) is 0 Å². The lowest BCUT2D eigenvalue weighted by molar-refractivity contribution is -0.138. The Morgan fingerprint density at radius 2 is 1.62 bits per heavy atom. The number of halogens is 1. The summed E-state index contributed by atoms with van der Waals surface area (Å²) < 4.78 is 14.4. The van der Waals surface area contributed by atoms with Crippen molar-refractivity contribution >= 4 is 17.5 Å². The maximum Gasteiger partial charge on any atom is 0.251 e. The molecule has 3 aromatic carbocycles. The fourth-order valence-corrected chi connectivity index (χ4v) is 6.64. The molecule has 2 amide bonds. The Morgan fingerprint density at radius 3 is 2.41 bits per heavy atom. The highest BCUT2D eigenvalue weighted by atomic mass is 19.1. The van der Waals surface area contributed by atoms with Gasteiger partial charge in [-0.15, -0.1) is 0 Å². The first-order chi connectivity index (χ1) is 18.1. The van der Waals surface area contributed by atoms with Crippen LogP contribution in [0.3, 0.4) is 0 Å². The van der Waals surface area contributed by atoms with Crippen LogP contribution in [0.1, 0.15) is 65.7 Å². The minimum absolute atomic E-state index is 0.0434. The Balaban J connectivity index is 1.30. The summed E-state index contributed by atoms with van der Waals surface area (Å²) in [5.41, 5.74) is 3.51. The second-order valence-corrected chi connectivity index (χ2v) is 10.5. The Bertz CT molecular complexity index is 1280. The normalized spacial score (nSPS) is 26.5. The molecule has 3 unspecified atom stereocenters. The largest absolute Gasteiger partial charge is 0.378 e. The number of nitrogens with zero attached hydrogens (tertiary/aromatic N) is 1. The number of benzene rings is 3. The van der Waals surface area contributed by atoms with Crippen molar-refractivity contribution in [3.63, 3.8) is 0 Å². The maximum atomic E-state index is 14.4. The molecule has 5 nitrogen and oxygen atoms in total. The molecule has 6 heteroatoms. The molecule has 0 aromatic heterocycles. The fourth-order valence-electron chi connectivity index (χ4n) is 6.64. The van der Waals surface area contributed by atoms with Gasteiger partial charge in [0.1, 0.15) is 5.82 Å².